The van der Waals surface area contributed by atoms with E-state index in [0.717, 1.165) is 101 Å². The van der Waals surface area contributed by atoms with Gasteiger partial charge < -0.3 is 19.1 Å². The van der Waals surface area contributed by atoms with Crippen molar-refractivity contribution < 1.29 is 22.7 Å². The number of carbonyl (C=O) groups excluding carboxylic acids is 2. The van der Waals surface area contributed by atoms with Crippen molar-refractivity contribution in [3.63, 3.8) is 0 Å². The minimum atomic E-state index is -4.00. The number of fused-ring (bicyclic) bond motifs is 7. The molecule has 1 saturated carbocycles. The average Bonchev–Trinajstić information content (AvgIpc) is 3.77. The molecule has 2 amide bonds. The number of methoxy groups -OCH3 is 1. The number of amides is 2. The maximum Gasteiger partial charge on any atom is 0.303 e. The van der Waals surface area contributed by atoms with Crippen LogP contribution in [0.2, 0.25) is 0 Å². The summed E-state index contributed by atoms with van der Waals surface area (Å²) in [5.41, 5.74) is 7.77. The zero-order chi connectivity index (χ0) is 38.1. The first-order chi connectivity index (χ1) is 25.9. The van der Waals surface area contributed by atoms with E-state index in [9.17, 15) is 18.0 Å². The lowest BCUT2D eigenvalue weighted by atomic mass is 9.81. The summed E-state index contributed by atoms with van der Waals surface area (Å²) in [6.45, 7) is 6.30. The minimum absolute atomic E-state index is 0.0210. The van der Waals surface area contributed by atoms with Gasteiger partial charge >= 0.3 is 10.2 Å². The largest absolute Gasteiger partial charge is 0.497 e. The van der Waals surface area contributed by atoms with Gasteiger partial charge in [-0.1, -0.05) is 25.3 Å². The van der Waals surface area contributed by atoms with Crippen molar-refractivity contribution in [1.29, 1.82) is 0 Å². The Bertz CT molecular complexity index is 2270. The predicted molar refractivity (Wildman–Crippen MR) is 211 cm³/mol. The molecule has 8 rings (SSSR count). The normalized spacial score (nSPS) is 20.6. The summed E-state index contributed by atoms with van der Waals surface area (Å²) in [4.78, 5) is 32.7. The molecule has 2 atom stereocenters. The maximum absolute atomic E-state index is 14.8. The van der Waals surface area contributed by atoms with Gasteiger partial charge in [-0.05, 0) is 106 Å². The third-order valence-corrected chi connectivity index (χ3v) is 13.4. The van der Waals surface area contributed by atoms with Gasteiger partial charge in [0.1, 0.15) is 5.75 Å². The number of nitrogens with zero attached hydrogens (tertiary/aromatic N) is 6. The lowest BCUT2D eigenvalue weighted by Crippen LogP contribution is -2.54. The SMILES string of the molecule is COc1ccc2c(c1)C=C(c1c(C(=O)N3C4CCC3CN(C)C4)cnn1C(C)C)Cn1c-2c(C2CCCCC2)c2ccc(C(=O)NS(=O)(=O)N(C)C)cc21. The molecule has 13 heteroatoms. The Morgan fingerprint density at radius 1 is 0.963 bits per heavy atom. The van der Waals surface area contributed by atoms with Crippen LogP contribution in [-0.2, 0) is 16.8 Å². The van der Waals surface area contributed by atoms with Crippen LogP contribution >= 0.6 is 0 Å². The number of benzene rings is 2. The zero-order valence-electron chi connectivity index (χ0n) is 32.1. The first kappa shape index (κ1) is 36.5. The van der Waals surface area contributed by atoms with Gasteiger partial charge in [0.25, 0.3) is 11.8 Å². The highest BCUT2D eigenvalue weighted by Crippen LogP contribution is 2.48. The molecule has 2 aromatic carbocycles. The number of piperazine rings is 1. The van der Waals surface area contributed by atoms with Gasteiger partial charge in [0, 0.05) is 67.3 Å². The molecule has 1 N–H and O–H groups in total. The molecule has 0 spiro atoms. The topological polar surface area (TPSA) is 122 Å². The number of nitrogens with one attached hydrogen (secondary N) is 1. The molecule has 2 aromatic heterocycles. The van der Waals surface area contributed by atoms with Crippen molar-refractivity contribution in [3.05, 3.63) is 70.5 Å². The molecule has 286 valence electrons. The second kappa shape index (κ2) is 14.0. The van der Waals surface area contributed by atoms with Crippen LogP contribution in [0.4, 0.5) is 0 Å². The quantitative estimate of drug-likeness (QED) is 0.229. The highest BCUT2D eigenvalue weighted by Gasteiger charge is 2.43. The minimum Gasteiger partial charge on any atom is -0.497 e. The fourth-order valence-electron chi connectivity index (χ4n) is 9.41. The van der Waals surface area contributed by atoms with E-state index in [-0.39, 0.29) is 29.6 Å². The van der Waals surface area contributed by atoms with Crippen molar-refractivity contribution in [2.75, 3.05) is 41.3 Å². The smallest absolute Gasteiger partial charge is 0.303 e. The van der Waals surface area contributed by atoms with Gasteiger partial charge in [-0.2, -0.15) is 17.8 Å². The Morgan fingerprint density at radius 3 is 2.35 bits per heavy atom. The van der Waals surface area contributed by atoms with Crippen LogP contribution in [-0.4, -0.2) is 102 Å². The Hall–Kier alpha value is -4.46. The lowest BCUT2D eigenvalue weighted by Gasteiger charge is -2.39. The molecule has 12 nitrogen and oxygen atoms in total. The Kier molecular flexibility index (Phi) is 9.46. The predicted octanol–water partition coefficient (Wildman–Crippen LogP) is 6.15. The van der Waals surface area contributed by atoms with Crippen LogP contribution in [0, 0.1) is 0 Å². The summed E-state index contributed by atoms with van der Waals surface area (Å²) in [7, 11) is 2.58. The molecule has 4 aromatic rings. The van der Waals surface area contributed by atoms with E-state index in [1.54, 1.807) is 19.4 Å². The standard InChI is InChI=1S/C41H51N7O5S/c1-25(2)48-38(35(21-42-48)41(50)47-30-13-14-31(47)24-45(5)23-30)29-18-28-19-32(53-6)15-17-33(28)39-37(26-10-8-7-9-11-26)34-16-12-27(20-36(34)46(39)22-29)40(49)43-54(51,52)44(3)4/h12,15-21,25-26,30-31H,7-11,13-14,22-24H2,1-6H3,(H,43,49). The molecule has 0 radical (unpaired) electrons. The number of likely N-dealkylation sites (tertiary alicyclic amines) is 1. The molecule has 1 aliphatic carbocycles. The number of ether oxygens (including phenoxy) is 1. The van der Waals surface area contributed by atoms with Crippen LogP contribution in [0.5, 0.6) is 5.75 Å². The molecule has 5 heterocycles. The van der Waals surface area contributed by atoms with Crippen molar-refractivity contribution >= 4 is 44.6 Å². The maximum atomic E-state index is 14.8. The van der Waals surface area contributed by atoms with Crippen molar-refractivity contribution in [2.45, 2.75) is 89.4 Å². The second-order valence-electron chi connectivity index (χ2n) is 16.0. The number of hydrogen-bond donors (Lipinski definition) is 1. The van der Waals surface area contributed by atoms with Gasteiger partial charge in [-0.25, -0.2) is 4.72 Å². The van der Waals surface area contributed by atoms with Crippen LogP contribution in [0.15, 0.2) is 42.6 Å². The number of hydrogen-bond acceptors (Lipinski definition) is 7. The van der Waals surface area contributed by atoms with Crippen LogP contribution in [0.1, 0.15) is 108 Å². The average molecular weight is 754 g/mol. The second-order valence-corrected chi connectivity index (χ2v) is 17.9. The summed E-state index contributed by atoms with van der Waals surface area (Å²) in [6, 6.07) is 12.0. The van der Waals surface area contributed by atoms with Crippen molar-refractivity contribution in [3.8, 4) is 17.0 Å². The van der Waals surface area contributed by atoms with Crippen molar-refractivity contribution in [2.24, 2.45) is 0 Å². The molecule has 2 saturated heterocycles. The first-order valence-corrected chi connectivity index (χ1v) is 20.7. The van der Waals surface area contributed by atoms with Crippen LogP contribution < -0.4 is 9.46 Å². The number of likely N-dealkylation sites (N-methyl/N-ethyl adjacent to an activating group) is 1. The Morgan fingerprint density at radius 2 is 1.69 bits per heavy atom. The number of carbonyl (C=O) groups is 2. The Labute approximate surface area is 317 Å². The zero-order valence-corrected chi connectivity index (χ0v) is 32.9. The van der Waals surface area contributed by atoms with Gasteiger partial charge in [-0.15, -0.1) is 0 Å². The highest BCUT2D eigenvalue weighted by atomic mass is 32.2. The van der Waals surface area contributed by atoms with E-state index in [1.807, 2.05) is 22.9 Å². The molecule has 3 fully saturated rings. The molecule has 54 heavy (non-hydrogen) atoms. The van der Waals surface area contributed by atoms with E-state index in [4.69, 9.17) is 9.84 Å². The summed E-state index contributed by atoms with van der Waals surface area (Å²) in [6.07, 6.45) is 11.6. The van der Waals surface area contributed by atoms with E-state index in [2.05, 4.69) is 58.2 Å². The number of aromatic nitrogens is 3. The fraction of sp³-hybridized carbons (Fsp3) is 0.488. The molecule has 2 bridgehead atoms. The van der Waals surface area contributed by atoms with E-state index >= 15 is 0 Å². The Balaban J connectivity index is 1.34. The number of allylic oxidation sites excluding steroid dienone is 1. The number of rotatable bonds is 8. The van der Waals surface area contributed by atoms with Gasteiger partial charge in [0.2, 0.25) is 0 Å². The fourth-order valence-corrected chi connectivity index (χ4v) is 9.94. The van der Waals surface area contributed by atoms with Crippen LogP contribution in [0.3, 0.4) is 0 Å². The highest BCUT2D eigenvalue weighted by molar-refractivity contribution is 7.87. The first-order valence-electron chi connectivity index (χ1n) is 19.2. The monoisotopic (exact) mass is 753 g/mol. The summed E-state index contributed by atoms with van der Waals surface area (Å²) >= 11 is 0. The van der Waals surface area contributed by atoms with E-state index in [1.165, 1.54) is 26.1 Å². The molecule has 3 aliphatic heterocycles. The van der Waals surface area contributed by atoms with Gasteiger partial charge in [-0.3, -0.25) is 14.3 Å². The molecule has 4 aliphatic rings. The van der Waals surface area contributed by atoms with Gasteiger partial charge in [0.15, 0.2) is 0 Å². The summed E-state index contributed by atoms with van der Waals surface area (Å²) < 4.78 is 38.6. The molecular weight excluding hydrogens is 703 g/mol. The van der Waals surface area contributed by atoms with Crippen LogP contribution in [0.25, 0.3) is 33.8 Å². The lowest BCUT2D eigenvalue weighted by molar-refractivity contribution is 0.0472. The third kappa shape index (κ3) is 6.23. The summed E-state index contributed by atoms with van der Waals surface area (Å²) in [5.74, 6) is 0.378. The van der Waals surface area contributed by atoms with Crippen molar-refractivity contribution in [1.82, 2.24) is 33.2 Å². The molecular formula is C41H51N7O5S. The van der Waals surface area contributed by atoms with E-state index < -0.39 is 16.1 Å². The van der Waals surface area contributed by atoms with E-state index in [0.29, 0.717) is 18.0 Å². The summed E-state index contributed by atoms with van der Waals surface area (Å²) in [5, 5.41) is 5.92. The third-order valence-electron chi connectivity index (χ3n) is 12.0. The molecule has 2 unspecified atom stereocenters. The van der Waals surface area contributed by atoms with Gasteiger partial charge in [0.05, 0.1) is 36.8 Å².